The van der Waals surface area contributed by atoms with E-state index in [4.69, 9.17) is 0 Å². The van der Waals surface area contributed by atoms with Crippen LogP contribution in [0.1, 0.15) is 0 Å². The van der Waals surface area contributed by atoms with Gasteiger partial charge < -0.3 is 63.1 Å². The van der Waals surface area contributed by atoms with Gasteiger partial charge in [-0.3, -0.25) is 0 Å². The van der Waals surface area contributed by atoms with Crippen LogP contribution in [0.15, 0.2) is 0 Å². The fraction of sp³-hybridized carbons (Fsp3) is 0. The maximum Gasteiger partial charge on any atom is 2.00 e. The average Bonchev–Trinajstić information content (AvgIpc) is 0. The molecule has 0 spiro atoms. The van der Waals surface area contributed by atoms with E-state index in [-0.39, 0.29) is 90.4 Å². The third-order valence-corrected chi connectivity index (χ3v) is 0. The fourth-order valence-electron chi connectivity index (χ4n) is 0. The predicted molar refractivity (Wildman–Crippen MR) is 25.3 cm³/mol. The van der Waals surface area contributed by atoms with Gasteiger partial charge in [-0.1, -0.05) is 0 Å². The van der Waals surface area contributed by atoms with E-state index < -0.39 is 0 Å². The Hall–Kier alpha value is 1.22. The van der Waals surface area contributed by atoms with Crippen LogP contribution in [0, 0.1) is 0 Å². The Bertz CT molecular complexity index is 11.6. The molecule has 0 amide bonds. The van der Waals surface area contributed by atoms with Crippen LogP contribution in [0.2, 0.25) is 0 Å². The molecule has 0 unspecified atom stereocenters. The van der Waals surface area contributed by atoms with Crippen molar-refractivity contribution in [2.24, 2.45) is 0 Å². The van der Waals surface area contributed by atoms with Gasteiger partial charge in [0.15, 0.2) is 0 Å². The largest absolute Gasteiger partial charge is 2.00 e. The fourth-order valence-corrected chi connectivity index (χ4v) is 0. The van der Waals surface area contributed by atoms with Crippen LogP contribution < -0.4 is 24.8 Å². The second-order valence-electron chi connectivity index (χ2n) is 0. The molecule has 0 fully saturated rings. The molecule has 0 aromatic carbocycles. The third-order valence-electron chi connectivity index (χ3n) is 0. The molecule has 10 heavy (non-hydrogen) atoms. The predicted octanol–water partition coefficient (Wildman–Crippen LogP) is -11.8. The summed E-state index contributed by atoms with van der Waals surface area (Å²) in [6.07, 6.45) is 0. The summed E-state index contributed by atoms with van der Waals surface area (Å²) < 4.78 is 0. The maximum atomic E-state index is 0. The minimum atomic E-state index is 0. The van der Waals surface area contributed by atoms with Crippen LogP contribution in [0.4, 0.5) is 0 Å². The van der Waals surface area contributed by atoms with Gasteiger partial charge in [0.2, 0.25) is 0 Å². The minimum Gasteiger partial charge on any atom is -1.00 e. The Morgan fingerprint density at radius 2 is 0.300 bits per heavy atom. The molecule has 0 saturated heterocycles. The van der Waals surface area contributed by atoms with Gasteiger partial charge in [0.25, 0.3) is 0 Å². The van der Waals surface area contributed by atoms with Gasteiger partial charge in [0.1, 0.15) is 0 Å². The molecule has 10 heteroatoms. The van der Waals surface area contributed by atoms with Crippen molar-refractivity contribution in [1.29, 1.82) is 0 Å². The van der Waals surface area contributed by atoms with E-state index in [1.807, 2.05) is 0 Å². The van der Waals surface area contributed by atoms with Crippen molar-refractivity contribution in [1.82, 2.24) is 0 Å². The van der Waals surface area contributed by atoms with E-state index in [1.54, 1.807) is 0 Å². The molecule has 0 saturated carbocycles. The Kier molecular flexibility index (Phi) is 45700. The van der Waals surface area contributed by atoms with Gasteiger partial charge in [0, 0.05) is 0 Å². The number of rotatable bonds is 0. The summed E-state index contributed by atoms with van der Waals surface area (Å²) in [5.74, 6) is 0. The first-order valence-corrected chi connectivity index (χ1v) is 0. The average molecular weight is 309 g/mol. The van der Waals surface area contributed by atoms with Crippen LogP contribution in [0.5, 0.6) is 0 Å². The third kappa shape index (κ3) is 417. The van der Waals surface area contributed by atoms with Crippen LogP contribution in [-0.2, 0) is 27.3 Å². The van der Waals surface area contributed by atoms with E-state index >= 15 is 0 Å². The van der Waals surface area contributed by atoms with Gasteiger partial charge in [-0.2, -0.15) is 0 Å². The summed E-state index contributed by atoms with van der Waals surface area (Å²) >= 11 is 0. The van der Waals surface area contributed by atoms with Crippen molar-refractivity contribution in [3.05, 3.63) is 0 Å². The second kappa shape index (κ2) is 582. The molecular weight excluding hydrogens is 295 g/mol. The number of hydrogen-bond donors (Lipinski definition) is 0. The summed E-state index contributed by atoms with van der Waals surface area (Å²) in [6.45, 7) is 0. The zero-order valence-corrected chi connectivity index (χ0v) is 10.5. The van der Waals surface area contributed by atoms with Crippen molar-refractivity contribution >= 4 is 0 Å². The Morgan fingerprint density at radius 1 is 0.300 bits per heavy atom. The van der Waals surface area contributed by atoms with Crippen molar-refractivity contribution in [3.63, 3.8) is 0 Å². The van der Waals surface area contributed by atoms with E-state index in [2.05, 4.69) is 0 Å². The van der Waals surface area contributed by atoms with Crippen LogP contribution >= 0.6 is 0 Å². The van der Waals surface area contributed by atoms with Crippen molar-refractivity contribution in [3.8, 4) is 0 Å². The van der Waals surface area contributed by atoms with Crippen molar-refractivity contribution < 1.29 is 90.4 Å². The van der Waals surface area contributed by atoms with Gasteiger partial charge >= 0.3 is 27.3 Å². The first-order chi connectivity index (χ1) is 0. The molecule has 0 rings (SSSR count). The minimum absolute atomic E-state index is 0. The summed E-state index contributed by atoms with van der Waals surface area (Å²) in [7, 11) is 0. The topological polar surface area (TPSA) is 220 Å². The van der Waals surface area contributed by atoms with Crippen LogP contribution in [0.25, 0.3) is 0 Å². The molecule has 0 aromatic rings. The van der Waals surface area contributed by atoms with Gasteiger partial charge in [-0.25, -0.2) is 0 Å². The van der Waals surface area contributed by atoms with E-state index in [9.17, 15) is 0 Å². The molecule has 7 nitrogen and oxygen atoms in total. The normalized spacial score (nSPS) is 0. The molecule has 0 aliphatic rings. The molecule has 0 atom stereocenters. The van der Waals surface area contributed by atoms with Crippen molar-refractivity contribution in [2.45, 2.75) is 0 Å². The molecule has 0 aliphatic carbocycles. The molecule has 72 valence electrons. The van der Waals surface area contributed by atoms with E-state index in [1.165, 1.54) is 0 Å². The molecule has 0 heterocycles. The molecule has 14 N–H and O–H groups in total. The zero-order valence-electron chi connectivity index (χ0n) is 4.96. The van der Waals surface area contributed by atoms with E-state index in [0.29, 0.717) is 0 Å². The zero-order chi connectivity index (χ0) is 0. The maximum absolute atomic E-state index is 0. The SMILES string of the molecule is O.O.O.O.O.O.O.[Cd+2].[Cl-].[Cl-]. The first kappa shape index (κ1) is 785. The Balaban J connectivity index is 0. The Labute approximate surface area is 90.3 Å². The summed E-state index contributed by atoms with van der Waals surface area (Å²) in [5, 5.41) is 0. The second-order valence-corrected chi connectivity index (χ2v) is 0. The molecule has 0 radical (unpaired) electrons. The first-order valence-electron chi connectivity index (χ1n) is 0. The van der Waals surface area contributed by atoms with Gasteiger partial charge in [-0.05, 0) is 0 Å². The number of hydrogen-bond acceptors (Lipinski definition) is 0. The number of halogens is 2. The molecule has 0 aliphatic heterocycles. The smallest absolute Gasteiger partial charge is 1.00 e. The quantitative estimate of drug-likeness (QED) is 0.380. The molecular formula is H14CdCl2O7. The van der Waals surface area contributed by atoms with Gasteiger partial charge in [0.05, 0.1) is 0 Å². The van der Waals surface area contributed by atoms with E-state index in [0.717, 1.165) is 0 Å². The monoisotopic (exact) mass is 310 g/mol. The van der Waals surface area contributed by atoms with Crippen molar-refractivity contribution in [2.75, 3.05) is 0 Å². The summed E-state index contributed by atoms with van der Waals surface area (Å²) in [4.78, 5) is 0. The molecule has 0 aromatic heterocycles. The van der Waals surface area contributed by atoms with Crippen LogP contribution in [0.3, 0.4) is 0 Å². The summed E-state index contributed by atoms with van der Waals surface area (Å²) in [5.41, 5.74) is 0. The van der Waals surface area contributed by atoms with Gasteiger partial charge in [-0.15, -0.1) is 0 Å². The molecule has 0 bridgehead atoms. The van der Waals surface area contributed by atoms with Crippen LogP contribution in [-0.4, -0.2) is 38.3 Å². The summed E-state index contributed by atoms with van der Waals surface area (Å²) in [6, 6.07) is 0. The Morgan fingerprint density at radius 3 is 0.300 bits per heavy atom. The standard InChI is InChI=1S/Cd.2ClH.7H2O/h;2*1H;7*1H2/q+2;;;;;;;;;/p-2.